The molecule has 0 aliphatic carbocycles. The Morgan fingerprint density at radius 3 is 2.75 bits per heavy atom. The molecule has 98 valence electrons. The summed E-state index contributed by atoms with van der Waals surface area (Å²) in [6.07, 6.45) is 3.27. The van der Waals surface area contributed by atoms with Crippen molar-refractivity contribution in [2.24, 2.45) is 0 Å². The molecule has 1 aromatic carbocycles. The van der Waals surface area contributed by atoms with Gasteiger partial charge in [-0.15, -0.1) is 0 Å². The molecule has 0 spiro atoms. The van der Waals surface area contributed by atoms with E-state index in [4.69, 9.17) is 0 Å². The Kier molecular flexibility index (Phi) is 2.06. The molecule has 0 saturated heterocycles. The summed E-state index contributed by atoms with van der Waals surface area (Å²) in [6.45, 7) is 0. The van der Waals surface area contributed by atoms with Crippen LogP contribution in [0.4, 0.5) is 4.39 Å². The monoisotopic (exact) mass is 269 g/mol. The van der Waals surface area contributed by atoms with Crippen LogP contribution >= 0.6 is 0 Å². The maximum atomic E-state index is 12.9. The van der Waals surface area contributed by atoms with Crippen LogP contribution in [0.2, 0.25) is 0 Å². The molecular formula is C13H8FN5O. The first-order valence-corrected chi connectivity index (χ1v) is 5.93. The zero-order valence-electron chi connectivity index (χ0n) is 10.1. The summed E-state index contributed by atoms with van der Waals surface area (Å²) >= 11 is 0. The van der Waals surface area contributed by atoms with E-state index in [1.165, 1.54) is 16.5 Å². The van der Waals surface area contributed by atoms with Crippen molar-refractivity contribution in [1.82, 2.24) is 24.2 Å². The molecule has 4 rings (SSSR count). The van der Waals surface area contributed by atoms with Gasteiger partial charge in [-0.25, -0.2) is 23.2 Å². The van der Waals surface area contributed by atoms with Crippen LogP contribution in [-0.4, -0.2) is 24.2 Å². The van der Waals surface area contributed by atoms with Crippen LogP contribution in [0, 0.1) is 5.82 Å². The molecule has 1 N–H and O–H groups in total. The zero-order valence-corrected chi connectivity index (χ0v) is 10.1. The minimum atomic E-state index is -0.299. The minimum absolute atomic E-state index is 0.293. The Bertz CT molecular complexity index is 980. The number of rotatable bonds is 1. The quantitative estimate of drug-likeness (QED) is 0.569. The van der Waals surface area contributed by atoms with Gasteiger partial charge in [-0.2, -0.15) is 10.2 Å². The maximum Gasteiger partial charge on any atom is 0.347 e. The number of aromatic nitrogens is 5. The van der Waals surface area contributed by atoms with Crippen molar-refractivity contribution in [3.8, 4) is 11.3 Å². The molecular weight excluding hydrogens is 261 g/mol. The van der Waals surface area contributed by atoms with Crippen molar-refractivity contribution < 1.29 is 4.39 Å². The summed E-state index contributed by atoms with van der Waals surface area (Å²) in [5, 5.41) is 10.8. The van der Waals surface area contributed by atoms with E-state index in [9.17, 15) is 9.18 Å². The third kappa shape index (κ3) is 1.46. The van der Waals surface area contributed by atoms with Crippen LogP contribution in [0.1, 0.15) is 0 Å². The van der Waals surface area contributed by atoms with Crippen molar-refractivity contribution in [2.75, 3.05) is 0 Å². The van der Waals surface area contributed by atoms with E-state index in [-0.39, 0.29) is 11.5 Å². The second-order valence-electron chi connectivity index (χ2n) is 4.39. The lowest BCUT2D eigenvalue weighted by atomic mass is 10.1. The van der Waals surface area contributed by atoms with Crippen molar-refractivity contribution in [3.63, 3.8) is 0 Å². The zero-order chi connectivity index (χ0) is 13.7. The van der Waals surface area contributed by atoms with Crippen LogP contribution in [0.15, 0.2) is 47.5 Å². The minimum Gasteiger partial charge on any atom is -0.247 e. The number of aromatic amines is 1. The predicted molar refractivity (Wildman–Crippen MR) is 70.0 cm³/mol. The van der Waals surface area contributed by atoms with Gasteiger partial charge < -0.3 is 0 Å². The largest absolute Gasteiger partial charge is 0.347 e. The molecule has 0 fully saturated rings. The lowest BCUT2D eigenvalue weighted by Gasteiger charge is -1.94. The van der Waals surface area contributed by atoms with E-state index >= 15 is 0 Å². The van der Waals surface area contributed by atoms with Crippen LogP contribution < -0.4 is 5.69 Å². The van der Waals surface area contributed by atoms with Gasteiger partial charge >= 0.3 is 5.69 Å². The van der Waals surface area contributed by atoms with Gasteiger partial charge in [0, 0.05) is 18.0 Å². The normalized spacial score (nSPS) is 11.4. The molecule has 4 aromatic rings. The lowest BCUT2D eigenvalue weighted by Crippen LogP contribution is -2.09. The Labute approximate surface area is 111 Å². The Morgan fingerprint density at radius 1 is 1.15 bits per heavy atom. The molecule has 0 saturated carbocycles. The van der Waals surface area contributed by atoms with Crippen LogP contribution in [-0.2, 0) is 0 Å². The standard InChI is InChI=1S/C13H8FN5O/c14-9-3-1-8(2-4-9)10-7-11-12-15-16-13(20)18(12)5-6-19(11)17-10/h1-7H,(H,16,20). The van der Waals surface area contributed by atoms with Gasteiger partial charge in [-0.3, -0.25) is 0 Å². The number of nitrogens with zero attached hydrogens (tertiary/aromatic N) is 4. The highest BCUT2D eigenvalue weighted by Gasteiger charge is 2.10. The summed E-state index contributed by atoms with van der Waals surface area (Å²) in [7, 11) is 0. The fourth-order valence-corrected chi connectivity index (χ4v) is 2.19. The van der Waals surface area contributed by atoms with Crippen LogP contribution in [0.5, 0.6) is 0 Å². The Morgan fingerprint density at radius 2 is 1.95 bits per heavy atom. The second-order valence-corrected chi connectivity index (χ2v) is 4.39. The first kappa shape index (κ1) is 10.9. The van der Waals surface area contributed by atoms with Crippen molar-refractivity contribution >= 4 is 11.2 Å². The van der Waals surface area contributed by atoms with Gasteiger partial charge in [0.25, 0.3) is 0 Å². The molecule has 0 aliphatic rings. The fraction of sp³-hybridized carbons (Fsp3) is 0. The number of benzene rings is 1. The highest BCUT2D eigenvalue weighted by Crippen LogP contribution is 2.21. The summed E-state index contributed by atoms with van der Waals surface area (Å²) in [5.74, 6) is -0.293. The van der Waals surface area contributed by atoms with Crippen molar-refractivity contribution in [2.45, 2.75) is 0 Å². The predicted octanol–water partition coefficient (Wildman–Crippen LogP) is 1.48. The highest BCUT2D eigenvalue weighted by molar-refractivity contribution is 5.76. The molecule has 0 radical (unpaired) electrons. The number of fused-ring (bicyclic) bond motifs is 3. The third-order valence-corrected chi connectivity index (χ3v) is 3.17. The number of halogens is 1. The summed E-state index contributed by atoms with van der Waals surface area (Å²) < 4.78 is 16.0. The molecule has 0 unspecified atom stereocenters. The van der Waals surface area contributed by atoms with Gasteiger partial charge in [-0.05, 0) is 30.3 Å². The topological polar surface area (TPSA) is 67.5 Å². The molecule has 0 bridgehead atoms. The SMILES string of the molecule is O=c1[nH]nc2c3cc(-c4ccc(F)cc4)nn3ccn12. The van der Waals surface area contributed by atoms with Gasteiger partial charge in [-0.1, -0.05) is 0 Å². The Balaban J connectivity index is 2.00. The van der Waals surface area contributed by atoms with Gasteiger partial charge in [0.05, 0.1) is 5.69 Å². The average molecular weight is 269 g/mol. The first-order chi connectivity index (χ1) is 9.72. The van der Waals surface area contributed by atoms with Crippen molar-refractivity contribution in [1.29, 1.82) is 0 Å². The number of hydrogen-bond acceptors (Lipinski definition) is 3. The molecule has 7 heteroatoms. The first-order valence-electron chi connectivity index (χ1n) is 5.93. The third-order valence-electron chi connectivity index (χ3n) is 3.17. The molecule has 0 amide bonds. The fourth-order valence-electron chi connectivity index (χ4n) is 2.19. The molecule has 3 aromatic heterocycles. The lowest BCUT2D eigenvalue weighted by molar-refractivity contribution is 0.628. The van der Waals surface area contributed by atoms with E-state index < -0.39 is 0 Å². The van der Waals surface area contributed by atoms with Crippen molar-refractivity contribution in [3.05, 3.63) is 59.0 Å². The summed E-state index contributed by atoms with van der Waals surface area (Å²) in [6, 6.07) is 7.89. The van der Waals surface area contributed by atoms with E-state index in [1.807, 2.05) is 6.07 Å². The number of nitrogens with one attached hydrogen (secondary N) is 1. The molecule has 0 aliphatic heterocycles. The second kappa shape index (κ2) is 3.77. The van der Waals surface area contributed by atoms with E-state index in [0.717, 1.165) is 5.56 Å². The average Bonchev–Trinajstić information content (AvgIpc) is 3.03. The summed E-state index contributed by atoms with van der Waals surface area (Å²) in [4.78, 5) is 11.5. The van der Waals surface area contributed by atoms with Crippen LogP contribution in [0.3, 0.4) is 0 Å². The Hall–Kier alpha value is -2.96. The summed E-state index contributed by atoms with van der Waals surface area (Å²) in [5.41, 5.74) is 2.38. The van der Waals surface area contributed by atoms with E-state index in [0.29, 0.717) is 16.9 Å². The van der Waals surface area contributed by atoms with E-state index in [1.54, 1.807) is 29.0 Å². The molecule has 20 heavy (non-hydrogen) atoms. The van der Waals surface area contributed by atoms with Gasteiger partial charge in [0.2, 0.25) is 0 Å². The number of H-pyrrole nitrogens is 1. The highest BCUT2D eigenvalue weighted by atomic mass is 19.1. The molecule has 3 heterocycles. The van der Waals surface area contributed by atoms with E-state index in [2.05, 4.69) is 15.3 Å². The molecule has 0 atom stereocenters. The maximum absolute atomic E-state index is 12.9. The molecule has 6 nitrogen and oxygen atoms in total. The van der Waals surface area contributed by atoms with Crippen LogP contribution in [0.25, 0.3) is 22.4 Å². The smallest absolute Gasteiger partial charge is 0.247 e. The van der Waals surface area contributed by atoms with Gasteiger partial charge in [0.1, 0.15) is 11.3 Å². The number of hydrogen-bond donors (Lipinski definition) is 1. The van der Waals surface area contributed by atoms with Gasteiger partial charge in [0.15, 0.2) is 5.65 Å².